The van der Waals surface area contributed by atoms with E-state index in [0.717, 1.165) is 12.1 Å². The summed E-state index contributed by atoms with van der Waals surface area (Å²) >= 11 is 3.08. The number of nitrogens with one attached hydrogen (secondary N) is 1. The maximum absolute atomic E-state index is 13.2. The molecule has 0 amide bonds. The summed E-state index contributed by atoms with van der Waals surface area (Å²) in [6.45, 7) is 0. The first-order valence-corrected chi connectivity index (χ1v) is 8.36. The van der Waals surface area contributed by atoms with Gasteiger partial charge < -0.3 is 4.74 Å². The monoisotopic (exact) mass is 402 g/mol. The highest BCUT2D eigenvalue weighted by Gasteiger charge is 2.21. The molecule has 2 aromatic carbocycles. The van der Waals surface area contributed by atoms with Crippen LogP contribution < -0.4 is 9.46 Å². The third kappa shape index (κ3) is 3.67. The van der Waals surface area contributed by atoms with Crippen molar-refractivity contribution >= 4 is 26.0 Å². The van der Waals surface area contributed by atoms with Crippen molar-refractivity contribution in [1.82, 2.24) is 4.72 Å². The van der Waals surface area contributed by atoms with E-state index >= 15 is 0 Å². The Hall–Kier alpha value is -2.02. The Labute approximate surface area is 139 Å². The topological polar surface area (TPSA) is 79.2 Å². The molecule has 0 heterocycles. The van der Waals surface area contributed by atoms with Crippen LogP contribution in [0, 0.1) is 23.0 Å². The SMILES string of the molecule is CNS(=O)(=O)c1ccc(Oc2cc(F)cc(F)c2)c(Br)c1C#N. The van der Waals surface area contributed by atoms with Crippen LogP contribution in [0.15, 0.2) is 39.7 Å². The number of halogens is 3. The van der Waals surface area contributed by atoms with Crippen LogP contribution in [0.25, 0.3) is 0 Å². The van der Waals surface area contributed by atoms with Crippen molar-refractivity contribution in [2.45, 2.75) is 4.90 Å². The van der Waals surface area contributed by atoms with Crippen LogP contribution in [-0.2, 0) is 10.0 Å². The molecule has 0 unspecified atom stereocenters. The van der Waals surface area contributed by atoms with E-state index in [4.69, 9.17) is 4.74 Å². The maximum atomic E-state index is 13.2. The van der Waals surface area contributed by atoms with Crippen molar-refractivity contribution in [3.8, 4) is 17.6 Å². The molecule has 0 aliphatic carbocycles. The number of hydrogen-bond donors (Lipinski definition) is 1. The van der Waals surface area contributed by atoms with Crippen molar-refractivity contribution in [3.05, 3.63) is 52.0 Å². The molecular formula is C14H9BrF2N2O3S. The number of sulfonamides is 1. The summed E-state index contributed by atoms with van der Waals surface area (Å²) in [5.41, 5.74) is -0.186. The Morgan fingerprint density at radius 2 is 1.83 bits per heavy atom. The number of hydrogen-bond acceptors (Lipinski definition) is 4. The van der Waals surface area contributed by atoms with Gasteiger partial charge in [0.2, 0.25) is 10.0 Å². The molecular weight excluding hydrogens is 394 g/mol. The Morgan fingerprint density at radius 3 is 2.35 bits per heavy atom. The van der Waals surface area contributed by atoms with E-state index in [0.29, 0.717) is 6.07 Å². The van der Waals surface area contributed by atoms with Crippen LogP contribution in [-0.4, -0.2) is 15.5 Å². The Kier molecular flexibility index (Phi) is 4.99. The summed E-state index contributed by atoms with van der Waals surface area (Å²) < 4.78 is 57.6. The lowest BCUT2D eigenvalue weighted by atomic mass is 10.2. The van der Waals surface area contributed by atoms with Gasteiger partial charge in [-0.25, -0.2) is 21.9 Å². The van der Waals surface area contributed by atoms with E-state index in [1.165, 1.54) is 19.2 Å². The third-order valence-corrected chi connectivity index (χ3v) is 5.05. The summed E-state index contributed by atoms with van der Waals surface area (Å²) in [6, 6.07) is 6.80. The minimum absolute atomic E-state index is 0.0432. The average molecular weight is 403 g/mol. The molecule has 0 aromatic heterocycles. The van der Waals surface area contributed by atoms with Gasteiger partial charge in [0, 0.05) is 18.2 Å². The molecule has 0 bridgehead atoms. The standard InChI is InChI=1S/C14H9BrF2N2O3S/c1-19-23(20,21)13-3-2-12(14(15)11(13)7-18)22-10-5-8(16)4-9(17)6-10/h2-6,19H,1H3. The van der Waals surface area contributed by atoms with Gasteiger partial charge in [-0.1, -0.05) is 0 Å². The number of nitrogens with zero attached hydrogens (tertiary/aromatic N) is 1. The maximum Gasteiger partial charge on any atom is 0.241 e. The molecule has 0 spiro atoms. The van der Waals surface area contributed by atoms with Gasteiger partial charge in [0.1, 0.15) is 34.1 Å². The number of benzene rings is 2. The van der Waals surface area contributed by atoms with Gasteiger partial charge in [0.25, 0.3) is 0 Å². The molecule has 0 saturated heterocycles. The number of nitriles is 1. The molecule has 5 nitrogen and oxygen atoms in total. The van der Waals surface area contributed by atoms with Crippen molar-refractivity contribution in [3.63, 3.8) is 0 Å². The Bertz CT molecular complexity index is 891. The molecule has 120 valence electrons. The minimum Gasteiger partial charge on any atom is -0.456 e. The van der Waals surface area contributed by atoms with Gasteiger partial charge in [0.15, 0.2) is 0 Å². The van der Waals surface area contributed by atoms with Gasteiger partial charge >= 0.3 is 0 Å². The van der Waals surface area contributed by atoms with Gasteiger partial charge in [-0.05, 0) is 35.1 Å². The van der Waals surface area contributed by atoms with E-state index in [1.54, 1.807) is 6.07 Å². The summed E-state index contributed by atoms with van der Waals surface area (Å²) in [4.78, 5) is -0.243. The van der Waals surface area contributed by atoms with Crippen LogP contribution >= 0.6 is 15.9 Å². The minimum atomic E-state index is -3.84. The molecule has 0 fully saturated rings. The number of ether oxygens (including phenoxy) is 1. The van der Waals surface area contributed by atoms with Crippen molar-refractivity contribution in [2.24, 2.45) is 0 Å². The molecule has 0 radical (unpaired) electrons. The quantitative estimate of drug-likeness (QED) is 0.850. The zero-order chi connectivity index (χ0) is 17.2. The van der Waals surface area contributed by atoms with Crippen molar-refractivity contribution < 1.29 is 21.9 Å². The molecule has 2 rings (SSSR count). The molecule has 1 N–H and O–H groups in total. The van der Waals surface area contributed by atoms with Gasteiger partial charge in [-0.2, -0.15) is 5.26 Å². The molecule has 9 heteroatoms. The second kappa shape index (κ2) is 6.62. The zero-order valence-corrected chi connectivity index (χ0v) is 14.0. The van der Waals surface area contributed by atoms with Crippen LogP contribution in [0.2, 0.25) is 0 Å². The lowest BCUT2D eigenvalue weighted by Gasteiger charge is -2.12. The molecule has 0 atom stereocenters. The average Bonchev–Trinajstić information content (AvgIpc) is 2.48. The van der Waals surface area contributed by atoms with E-state index in [1.807, 2.05) is 0 Å². The molecule has 0 aliphatic rings. The van der Waals surface area contributed by atoms with Crippen LogP contribution in [0.4, 0.5) is 8.78 Å². The predicted octanol–water partition coefficient (Wildman–Crippen LogP) is 3.30. The van der Waals surface area contributed by atoms with Gasteiger partial charge in [-0.3, -0.25) is 0 Å². The molecule has 23 heavy (non-hydrogen) atoms. The summed E-state index contributed by atoms with van der Waals surface area (Å²) in [6.07, 6.45) is 0. The lowest BCUT2D eigenvalue weighted by molar-refractivity contribution is 0.465. The highest BCUT2D eigenvalue weighted by molar-refractivity contribution is 9.10. The molecule has 2 aromatic rings. The molecule has 0 aliphatic heterocycles. The fourth-order valence-electron chi connectivity index (χ4n) is 1.77. The summed E-state index contributed by atoms with van der Waals surface area (Å²) in [7, 11) is -2.63. The highest BCUT2D eigenvalue weighted by Crippen LogP contribution is 2.35. The first kappa shape index (κ1) is 17.3. The van der Waals surface area contributed by atoms with Crippen LogP contribution in [0.1, 0.15) is 5.56 Å². The largest absolute Gasteiger partial charge is 0.456 e. The Balaban J connectivity index is 2.52. The first-order valence-electron chi connectivity index (χ1n) is 6.08. The van der Waals surface area contributed by atoms with E-state index in [-0.39, 0.29) is 26.4 Å². The fourth-order valence-corrected chi connectivity index (χ4v) is 3.30. The highest BCUT2D eigenvalue weighted by atomic mass is 79.9. The normalized spacial score (nSPS) is 11.1. The van der Waals surface area contributed by atoms with Gasteiger partial charge in [0.05, 0.1) is 10.0 Å². The Morgan fingerprint density at radius 1 is 1.22 bits per heavy atom. The summed E-state index contributed by atoms with van der Waals surface area (Å²) in [5, 5.41) is 9.19. The smallest absolute Gasteiger partial charge is 0.241 e. The van der Waals surface area contributed by atoms with E-state index in [2.05, 4.69) is 20.7 Å². The second-order valence-electron chi connectivity index (χ2n) is 4.28. The fraction of sp³-hybridized carbons (Fsp3) is 0.0714. The van der Waals surface area contributed by atoms with Crippen LogP contribution in [0.3, 0.4) is 0 Å². The van der Waals surface area contributed by atoms with E-state index in [9.17, 15) is 22.5 Å². The van der Waals surface area contributed by atoms with Crippen molar-refractivity contribution in [2.75, 3.05) is 7.05 Å². The summed E-state index contributed by atoms with van der Waals surface area (Å²) in [5.74, 6) is -1.74. The van der Waals surface area contributed by atoms with Crippen molar-refractivity contribution in [1.29, 1.82) is 5.26 Å². The second-order valence-corrected chi connectivity index (χ2v) is 6.93. The number of rotatable bonds is 4. The predicted molar refractivity (Wildman–Crippen MR) is 81.5 cm³/mol. The first-order chi connectivity index (χ1) is 10.8. The van der Waals surface area contributed by atoms with Gasteiger partial charge in [-0.15, -0.1) is 0 Å². The zero-order valence-electron chi connectivity index (χ0n) is 11.6. The van der Waals surface area contributed by atoms with Crippen LogP contribution in [0.5, 0.6) is 11.5 Å². The lowest BCUT2D eigenvalue weighted by Crippen LogP contribution is -2.19. The van der Waals surface area contributed by atoms with E-state index < -0.39 is 21.7 Å². The molecule has 0 saturated carbocycles. The third-order valence-electron chi connectivity index (χ3n) is 2.80.